The summed E-state index contributed by atoms with van der Waals surface area (Å²) >= 11 is 0. The molecule has 0 bridgehead atoms. The summed E-state index contributed by atoms with van der Waals surface area (Å²) in [5.41, 5.74) is 2.89. The number of aryl methyl sites for hydroxylation is 1. The molecule has 108 valence electrons. The van der Waals surface area contributed by atoms with Gasteiger partial charge in [0, 0.05) is 12.7 Å². The molecule has 0 amide bonds. The van der Waals surface area contributed by atoms with Crippen LogP contribution in [0.3, 0.4) is 0 Å². The number of nitrogens with zero attached hydrogens (tertiary/aromatic N) is 4. The van der Waals surface area contributed by atoms with Crippen LogP contribution in [0.1, 0.15) is 30.7 Å². The lowest BCUT2D eigenvalue weighted by atomic mass is 10.0. The smallest absolute Gasteiger partial charge is 0.173 e. The van der Waals surface area contributed by atoms with E-state index < -0.39 is 0 Å². The second kappa shape index (κ2) is 6.31. The van der Waals surface area contributed by atoms with E-state index >= 15 is 0 Å². The van der Waals surface area contributed by atoms with Gasteiger partial charge in [-0.1, -0.05) is 19.9 Å². The molecule has 1 heterocycles. The maximum absolute atomic E-state index is 13.4. The van der Waals surface area contributed by atoms with E-state index in [1.54, 1.807) is 24.1 Å². The highest BCUT2D eigenvalue weighted by Crippen LogP contribution is 2.28. The molecule has 0 atom stereocenters. The van der Waals surface area contributed by atoms with Crippen LogP contribution in [0.15, 0.2) is 24.3 Å². The van der Waals surface area contributed by atoms with Crippen LogP contribution in [0.4, 0.5) is 15.9 Å². The molecule has 0 aliphatic rings. The van der Waals surface area contributed by atoms with Gasteiger partial charge < -0.3 is 4.90 Å². The van der Waals surface area contributed by atoms with Crippen molar-refractivity contribution in [1.29, 1.82) is 5.26 Å². The molecular weight excluding hydrogens is 267 g/mol. The Labute approximate surface area is 123 Å². The Kier molecular flexibility index (Phi) is 4.49. The molecule has 0 aliphatic carbocycles. The van der Waals surface area contributed by atoms with Gasteiger partial charge in [-0.05, 0) is 36.6 Å². The van der Waals surface area contributed by atoms with Gasteiger partial charge in [-0.25, -0.2) is 4.39 Å². The number of halogens is 1. The van der Waals surface area contributed by atoms with Crippen LogP contribution in [0.2, 0.25) is 0 Å². The van der Waals surface area contributed by atoms with Crippen molar-refractivity contribution in [3.05, 3.63) is 46.9 Å². The predicted molar refractivity (Wildman–Crippen MR) is 80.0 cm³/mol. The van der Waals surface area contributed by atoms with E-state index in [1.165, 1.54) is 12.1 Å². The zero-order chi connectivity index (χ0) is 15.4. The average molecular weight is 284 g/mol. The first-order valence-electron chi connectivity index (χ1n) is 6.90. The van der Waals surface area contributed by atoms with Crippen molar-refractivity contribution in [1.82, 2.24) is 10.2 Å². The molecule has 4 nitrogen and oxygen atoms in total. The fourth-order valence-corrected chi connectivity index (χ4v) is 2.32. The van der Waals surface area contributed by atoms with Gasteiger partial charge in [0.25, 0.3) is 0 Å². The highest BCUT2D eigenvalue weighted by atomic mass is 19.1. The molecule has 1 aromatic heterocycles. The zero-order valence-corrected chi connectivity index (χ0v) is 12.4. The average Bonchev–Trinajstić information content (AvgIpc) is 2.52. The summed E-state index contributed by atoms with van der Waals surface area (Å²) in [5.74, 6) is 0.129. The van der Waals surface area contributed by atoms with Crippen molar-refractivity contribution in [2.24, 2.45) is 0 Å². The molecule has 0 saturated carbocycles. The lowest BCUT2D eigenvalue weighted by molar-refractivity contribution is 0.628. The van der Waals surface area contributed by atoms with Crippen molar-refractivity contribution >= 4 is 11.5 Å². The maximum atomic E-state index is 13.4. The largest absolute Gasteiger partial charge is 0.327 e. The topological polar surface area (TPSA) is 52.8 Å². The van der Waals surface area contributed by atoms with Crippen LogP contribution >= 0.6 is 0 Å². The van der Waals surface area contributed by atoms with E-state index in [0.29, 0.717) is 23.5 Å². The van der Waals surface area contributed by atoms with Crippen molar-refractivity contribution in [2.75, 3.05) is 11.9 Å². The summed E-state index contributed by atoms with van der Waals surface area (Å²) in [4.78, 5) is 1.69. The normalized spacial score (nSPS) is 10.2. The van der Waals surface area contributed by atoms with Gasteiger partial charge in [0.05, 0.1) is 5.69 Å². The van der Waals surface area contributed by atoms with Crippen LogP contribution in [-0.4, -0.2) is 17.2 Å². The molecule has 0 spiro atoms. The summed E-state index contributed by atoms with van der Waals surface area (Å²) in [6, 6.07) is 8.40. The summed E-state index contributed by atoms with van der Waals surface area (Å²) in [6.07, 6.45) is 1.44. The standard InChI is InChI=1S/C16H17FN4/c1-4-13-14(10-18)16(20-19-15(13)5-2)21(3)12-8-6-7-11(17)9-12/h6-9H,4-5H2,1-3H3. The van der Waals surface area contributed by atoms with Crippen LogP contribution in [0.25, 0.3) is 0 Å². The number of nitriles is 1. The van der Waals surface area contributed by atoms with E-state index in [-0.39, 0.29) is 5.82 Å². The number of aromatic nitrogens is 2. The number of rotatable bonds is 4. The molecule has 0 radical (unpaired) electrons. The van der Waals surface area contributed by atoms with Gasteiger partial charge in [-0.3, -0.25) is 0 Å². The third kappa shape index (κ3) is 2.84. The van der Waals surface area contributed by atoms with Crippen molar-refractivity contribution in [2.45, 2.75) is 26.7 Å². The molecule has 2 rings (SSSR count). The number of hydrogen-bond donors (Lipinski definition) is 0. The van der Waals surface area contributed by atoms with Crippen LogP contribution in [0.5, 0.6) is 0 Å². The summed E-state index contributed by atoms with van der Waals surface area (Å²) in [5, 5.41) is 17.9. The fourth-order valence-electron chi connectivity index (χ4n) is 2.32. The Bertz CT molecular complexity index is 691. The first-order chi connectivity index (χ1) is 10.1. The number of anilines is 2. The Balaban J connectivity index is 2.56. The Morgan fingerprint density at radius 1 is 1.24 bits per heavy atom. The van der Waals surface area contributed by atoms with Crippen LogP contribution < -0.4 is 4.90 Å². The molecule has 0 aliphatic heterocycles. The van der Waals surface area contributed by atoms with Gasteiger partial charge in [0.1, 0.15) is 17.4 Å². The molecule has 0 fully saturated rings. The van der Waals surface area contributed by atoms with E-state index in [1.807, 2.05) is 13.8 Å². The summed E-state index contributed by atoms with van der Waals surface area (Å²) in [7, 11) is 1.75. The minimum absolute atomic E-state index is 0.327. The minimum atomic E-state index is -0.327. The van der Waals surface area contributed by atoms with E-state index in [4.69, 9.17) is 0 Å². The lowest BCUT2D eigenvalue weighted by Gasteiger charge is -2.20. The summed E-state index contributed by atoms with van der Waals surface area (Å²) in [6.45, 7) is 3.98. The minimum Gasteiger partial charge on any atom is -0.327 e. The van der Waals surface area contributed by atoms with Crippen molar-refractivity contribution in [3.63, 3.8) is 0 Å². The van der Waals surface area contributed by atoms with Gasteiger partial charge in [0.15, 0.2) is 5.82 Å². The van der Waals surface area contributed by atoms with Crippen LogP contribution in [0, 0.1) is 17.1 Å². The SMILES string of the molecule is CCc1nnc(N(C)c2cccc(F)c2)c(C#N)c1CC. The Morgan fingerprint density at radius 2 is 2.00 bits per heavy atom. The highest BCUT2D eigenvalue weighted by Gasteiger charge is 2.18. The molecule has 21 heavy (non-hydrogen) atoms. The maximum Gasteiger partial charge on any atom is 0.173 e. The summed E-state index contributed by atoms with van der Waals surface area (Å²) < 4.78 is 13.4. The van der Waals surface area contributed by atoms with E-state index in [9.17, 15) is 9.65 Å². The molecule has 0 saturated heterocycles. The van der Waals surface area contributed by atoms with Gasteiger partial charge in [0.2, 0.25) is 0 Å². The third-order valence-corrected chi connectivity index (χ3v) is 3.45. The van der Waals surface area contributed by atoms with Gasteiger partial charge in [-0.2, -0.15) is 10.4 Å². The zero-order valence-electron chi connectivity index (χ0n) is 12.4. The van der Waals surface area contributed by atoms with Gasteiger partial charge >= 0.3 is 0 Å². The first-order valence-corrected chi connectivity index (χ1v) is 6.90. The highest BCUT2D eigenvalue weighted by molar-refractivity contribution is 5.66. The van der Waals surface area contributed by atoms with E-state index in [2.05, 4.69) is 16.3 Å². The van der Waals surface area contributed by atoms with Crippen molar-refractivity contribution in [3.8, 4) is 6.07 Å². The monoisotopic (exact) mass is 284 g/mol. The quantitative estimate of drug-likeness (QED) is 0.863. The van der Waals surface area contributed by atoms with E-state index in [0.717, 1.165) is 17.7 Å². The molecule has 1 aromatic carbocycles. The second-order valence-electron chi connectivity index (χ2n) is 4.68. The number of hydrogen-bond acceptors (Lipinski definition) is 4. The third-order valence-electron chi connectivity index (χ3n) is 3.45. The van der Waals surface area contributed by atoms with Crippen molar-refractivity contribution < 1.29 is 4.39 Å². The fraction of sp³-hybridized carbons (Fsp3) is 0.312. The molecule has 0 N–H and O–H groups in total. The lowest BCUT2D eigenvalue weighted by Crippen LogP contribution is -2.16. The molecule has 2 aromatic rings. The second-order valence-corrected chi connectivity index (χ2v) is 4.68. The Hall–Kier alpha value is -2.48. The number of benzene rings is 1. The van der Waals surface area contributed by atoms with Gasteiger partial charge in [-0.15, -0.1) is 5.10 Å². The van der Waals surface area contributed by atoms with Crippen LogP contribution in [-0.2, 0) is 12.8 Å². The Morgan fingerprint density at radius 3 is 2.57 bits per heavy atom. The molecule has 0 unspecified atom stereocenters. The molecular formula is C16H17FN4. The first kappa shape index (κ1) is 14.9. The predicted octanol–water partition coefficient (Wildman–Crippen LogP) is 3.38. The molecule has 5 heteroatoms.